The number of nitrogens with two attached hydrogens (primary N) is 1. The van der Waals surface area contributed by atoms with Crippen LogP contribution in [-0.2, 0) is 0 Å². The molecule has 0 unspecified atom stereocenters. The van der Waals surface area contributed by atoms with Gasteiger partial charge in [-0.1, -0.05) is 13.8 Å². The van der Waals surface area contributed by atoms with Crippen LogP contribution >= 0.6 is 0 Å². The van der Waals surface area contributed by atoms with Crippen molar-refractivity contribution in [3.05, 3.63) is 24.3 Å². The zero-order valence-corrected chi connectivity index (χ0v) is 8.38. The molecule has 2 heteroatoms. The second-order valence-electron chi connectivity index (χ2n) is 3.28. The molecule has 0 fully saturated rings. The fraction of sp³-hybridized carbons (Fsp3) is 0.455. The summed E-state index contributed by atoms with van der Waals surface area (Å²) >= 11 is 0. The van der Waals surface area contributed by atoms with Crippen molar-refractivity contribution in [2.45, 2.75) is 32.7 Å². The van der Waals surface area contributed by atoms with Crippen molar-refractivity contribution in [1.29, 1.82) is 0 Å². The Bertz CT molecular complexity index is 237. The van der Waals surface area contributed by atoms with Crippen LogP contribution in [0.1, 0.15) is 26.7 Å². The van der Waals surface area contributed by atoms with Crippen molar-refractivity contribution in [2.24, 2.45) is 0 Å². The molecule has 0 aromatic heterocycles. The van der Waals surface area contributed by atoms with Gasteiger partial charge in [0.1, 0.15) is 0 Å². The lowest BCUT2D eigenvalue weighted by Gasteiger charge is -2.15. The van der Waals surface area contributed by atoms with Crippen LogP contribution in [0.15, 0.2) is 24.3 Å². The summed E-state index contributed by atoms with van der Waals surface area (Å²) in [6.07, 6.45) is 2.31. The lowest BCUT2D eigenvalue weighted by Crippen LogP contribution is -2.16. The van der Waals surface area contributed by atoms with Crippen molar-refractivity contribution < 1.29 is 0 Å². The minimum absolute atomic E-state index is 0.573. The van der Waals surface area contributed by atoms with Crippen molar-refractivity contribution in [3.8, 4) is 0 Å². The number of hydrogen-bond acceptors (Lipinski definition) is 2. The van der Waals surface area contributed by atoms with Crippen LogP contribution in [0.5, 0.6) is 0 Å². The summed E-state index contributed by atoms with van der Waals surface area (Å²) in [5.74, 6) is 0. The third-order valence-corrected chi connectivity index (χ3v) is 2.27. The summed E-state index contributed by atoms with van der Waals surface area (Å²) in [4.78, 5) is 0. The minimum Gasteiger partial charge on any atom is -0.399 e. The van der Waals surface area contributed by atoms with Crippen molar-refractivity contribution in [1.82, 2.24) is 0 Å². The van der Waals surface area contributed by atoms with E-state index in [0.717, 1.165) is 24.2 Å². The molecule has 1 rings (SSSR count). The largest absolute Gasteiger partial charge is 0.399 e. The van der Waals surface area contributed by atoms with Crippen LogP contribution in [0, 0.1) is 0 Å². The van der Waals surface area contributed by atoms with Crippen LogP contribution in [0.3, 0.4) is 0 Å². The quantitative estimate of drug-likeness (QED) is 0.696. The molecule has 13 heavy (non-hydrogen) atoms. The molecular formula is C11H18N2. The molecular weight excluding hydrogens is 160 g/mol. The highest BCUT2D eigenvalue weighted by atomic mass is 14.9. The maximum atomic E-state index is 5.59. The van der Waals surface area contributed by atoms with E-state index in [1.807, 2.05) is 24.3 Å². The van der Waals surface area contributed by atoms with Crippen LogP contribution in [0.4, 0.5) is 11.4 Å². The number of nitrogens with one attached hydrogen (secondary N) is 1. The second kappa shape index (κ2) is 4.75. The standard InChI is InChI=1S/C11H18N2/c1-3-10(4-2)13-11-7-5-9(12)6-8-11/h5-8,10,13H,3-4,12H2,1-2H3. The monoisotopic (exact) mass is 178 g/mol. The molecule has 0 spiro atoms. The molecule has 0 atom stereocenters. The van der Waals surface area contributed by atoms with Gasteiger partial charge in [-0.3, -0.25) is 0 Å². The lowest BCUT2D eigenvalue weighted by atomic mass is 10.1. The van der Waals surface area contributed by atoms with E-state index in [1.165, 1.54) is 0 Å². The molecule has 0 aliphatic carbocycles. The average Bonchev–Trinajstić information content (AvgIpc) is 2.17. The number of anilines is 2. The van der Waals surface area contributed by atoms with Gasteiger partial charge >= 0.3 is 0 Å². The molecule has 0 radical (unpaired) electrons. The smallest absolute Gasteiger partial charge is 0.0343 e. The molecule has 0 heterocycles. The van der Waals surface area contributed by atoms with Gasteiger partial charge in [0.15, 0.2) is 0 Å². The Morgan fingerprint density at radius 3 is 2.15 bits per heavy atom. The van der Waals surface area contributed by atoms with E-state index in [2.05, 4.69) is 19.2 Å². The molecule has 0 aliphatic heterocycles. The topological polar surface area (TPSA) is 38.0 Å². The fourth-order valence-electron chi connectivity index (χ4n) is 1.31. The zero-order valence-electron chi connectivity index (χ0n) is 8.38. The van der Waals surface area contributed by atoms with Crippen LogP contribution in [0.25, 0.3) is 0 Å². The Kier molecular flexibility index (Phi) is 3.62. The summed E-state index contributed by atoms with van der Waals surface area (Å²) in [6, 6.07) is 8.46. The Morgan fingerprint density at radius 1 is 1.15 bits per heavy atom. The highest BCUT2D eigenvalue weighted by molar-refractivity contribution is 5.51. The predicted molar refractivity (Wildman–Crippen MR) is 58.8 cm³/mol. The summed E-state index contributed by atoms with van der Waals surface area (Å²) in [6.45, 7) is 4.39. The van der Waals surface area contributed by atoms with Crippen LogP contribution in [-0.4, -0.2) is 6.04 Å². The number of benzene rings is 1. The molecule has 0 bridgehead atoms. The summed E-state index contributed by atoms with van der Waals surface area (Å²) in [5, 5.41) is 3.45. The Balaban J connectivity index is 2.58. The van der Waals surface area contributed by atoms with Crippen LogP contribution < -0.4 is 11.1 Å². The molecule has 3 N–H and O–H groups in total. The highest BCUT2D eigenvalue weighted by Gasteiger charge is 2.01. The summed E-state index contributed by atoms with van der Waals surface area (Å²) < 4.78 is 0. The first kappa shape index (κ1) is 9.90. The maximum absolute atomic E-state index is 5.59. The van der Waals surface area contributed by atoms with E-state index in [4.69, 9.17) is 5.73 Å². The molecule has 1 aromatic rings. The average molecular weight is 178 g/mol. The van der Waals surface area contributed by atoms with Gasteiger partial charge in [-0.25, -0.2) is 0 Å². The second-order valence-corrected chi connectivity index (χ2v) is 3.28. The molecule has 1 aromatic carbocycles. The van der Waals surface area contributed by atoms with Gasteiger partial charge in [-0.15, -0.1) is 0 Å². The normalized spacial score (nSPS) is 10.4. The number of nitrogen functional groups attached to an aromatic ring is 1. The van der Waals surface area contributed by atoms with E-state index < -0.39 is 0 Å². The lowest BCUT2D eigenvalue weighted by molar-refractivity contribution is 0.672. The SMILES string of the molecule is CCC(CC)Nc1ccc(N)cc1. The molecule has 0 amide bonds. The van der Waals surface area contributed by atoms with E-state index in [-0.39, 0.29) is 0 Å². The predicted octanol–water partition coefficient (Wildman–Crippen LogP) is 2.87. The van der Waals surface area contributed by atoms with E-state index in [1.54, 1.807) is 0 Å². The molecule has 0 saturated carbocycles. The third-order valence-electron chi connectivity index (χ3n) is 2.27. The number of rotatable bonds is 4. The Labute approximate surface area is 80.1 Å². The van der Waals surface area contributed by atoms with E-state index in [0.29, 0.717) is 6.04 Å². The van der Waals surface area contributed by atoms with Gasteiger partial charge in [0.2, 0.25) is 0 Å². The molecule has 2 nitrogen and oxygen atoms in total. The third kappa shape index (κ3) is 2.98. The first-order valence-electron chi connectivity index (χ1n) is 4.88. The minimum atomic E-state index is 0.573. The first-order valence-corrected chi connectivity index (χ1v) is 4.88. The van der Waals surface area contributed by atoms with Crippen molar-refractivity contribution >= 4 is 11.4 Å². The summed E-state index contributed by atoms with van der Waals surface area (Å²) in [5.41, 5.74) is 7.57. The maximum Gasteiger partial charge on any atom is 0.0343 e. The van der Waals surface area contributed by atoms with Gasteiger partial charge in [-0.2, -0.15) is 0 Å². The first-order chi connectivity index (χ1) is 6.26. The van der Waals surface area contributed by atoms with Gasteiger partial charge in [0, 0.05) is 17.4 Å². The van der Waals surface area contributed by atoms with Crippen LogP contribution in [0.2, 0.25) is 0 Å². The Hall–Kier alpha value is -1.18. The van der Waals surface area contributed by atoms with Gasteiger partial charge < -0.3 is 11.1 Å². The fourth-order valence-corrected chi connectivity index (χ4v) is 1.31. The molecule has 0 aliphatic rings. The summed E-state index contributed by atoms with van der Waals surface area (Å²) in [7, 11) is 0. The van der Waals surface area contributed by atoms with Gasteiger partial charge in [0.05, 0.1) is 0 Å². The van der Waals surface area contributed by atoms with Crippen molar-refractivity contribution in [3.63, 3.8) is 0 Å². The van der Waals surface area contributed by atoms with E-state index in [9.17, 15) is 0 Å². The van der Waals surface area contributed by atoms with Gasteiger partial charge in [0.25, 0.3) is 0 Å². The molecule has 72 valence electrons. The highest BCUT2D eigenvalue weighted by Crippen LogP contribution is 2.13. The molecule has 0 saturated heterocycles. The zero-order chi connectivity index (χ0) is 9.68. The van der Waals surface area contributed by atoms with Crippen molar-refractivity contribution in [2.75, 3.05) is 11.1 Å². The van der Waals surface area contributed by atoms with Gasteiger partial charge in [-0.05, 0) is 37.1 Å². The Morgan fingerprint density at radius 2 is 1.69 bits per heavy atom. The number of hydrogen-bond donors (Lipinski definition) is 2. The van der Waals surface area contributed by atoms with E-state index >= 15 is 0 Å².